The number of hydrogen-bond acceptors (Lipinski definition) is 7. The van der Waals surface area contributed by atoms with E-state index in [1.165, 1.54) is 12.1 Å². The van der Waals surface area contributed by atoms with Crippen LogP contribution in [0.5, 0.6) is 17.2 Å². The van der Waals surface area contributed by atoms with Gasteiger partial charge in [-0.25, -0.2) is 0 Å². The zero-order valence-electron chi connectivity index (χ0n) is 17.9. The highest BCUT2D eigenvalue weighted by atomic mass is 16.3. The first-order valence-electron chi connectivity index (χ1n) is 9.99. The van der Waals surface area contributed by atoms with Crippen LogP contribution in [-0.2, 0) is 12.8 Å². The molecule has 0 unspecified atom stereocenters. The maximum atomic E-state index is 12.6. The molecule has 5 N–H and O–H groups in total. The fraction of sp³-hybridized carbons (Fsp3) is 0.240. The summed E-state index contributed by atoms with van der Waals surface area (Å²) in [7, 11) is 0. The SMILES string of the molecule is C=C(C)[C@H](O)Cc1cc(-c2cc(=O)c3c(O)cc(O)cc3o2)cc(C[C@@H](O)C(=C)C)c1O. The van der Waals surface area contributed by atoms with E-state index >= 15 is 0 Å². The Hall–Kier alpha value is -3.55. The molecule has 0 saturated heterocycles. The van der Waals surface area contributed by atoms with E-state index in [1.54, 1.807) is 26.0 Å². The number of aromatic hydroxyl groups is 3. The fourth-order valence-electron chi connectivity index (χ4n) is 3.37. The smallest absolute Gasteiger partial charge is 0.197 e. The molecule has 32 heavy (non-hydrogen) atoms. The number of aliphatic hydroxyl groups excluding tert-OH is 2. The first-order chi connectivity index (χ1) is 15.0. The Kier molecular flexibility index (Phi) is 6.43. The number of phenols is 3. The van der Waals surface area contributed by atoms with Gasteiger partial charge in [-0.1, -0.05) is 24.3 Å². The lowest BCUT2D eigenvalue weighted by Crippen LogP contribution is -2.14. The highest BCUT2D eigenvalue weighted by Crippen LogP contribution is 2.35. The largest absolute Gasteiger partial charge is 0.508 e. The second-order valence-electron chi connectivity index (χ2n) is 8.09. The van der Waals surface area contributed by atoms with Crippen molar-refractivity contribution in [2.75, 3.05) is 0 Å². The number of hydrogen-bond donors (Lipinski definition) is 5. The summed E-state index contributed by atoms with van der Waals surface area (Å²) < 4.78 is 5.78. The molecule has 0 bridgehead atoms. The van der Waals surface area contributed by atoms with Gasteiger partial charge in [0.25, 0.3) is 0 Å². The van der Waals surface area contributed by atoms with Crippen molar-refractivity contribution in [3.63, 3.8) is 0 Å². The van der Waals surface area contributed by atoms with Gasteiger partial charge >= 0.3 is 0 Å². The van der Waals surface area contributed by atoms with Gasteiger partial charge in [-0.05, 0) is 37.1 Å². The van der Waals surface area contributed by atoms with Crippen molar-refractivity contribution in [3.05, 3.63) is 76.0 Å². The molecule has 1 aromatic heterocycles. The Labute approximate surface area is 184 Å². The summed E-state index contributed by atoms with van der Waals surface area (Å²) in [6.45, 7) is 10.8. The van der Waals surface area contributed by atoms with Crippen LogP contribution < -0.4 is 5.43 Å². The minimum atomic E-state index is -0.910. The first-order valence-corrected chi connectivity index (χ1v) is 9.99. The molecule has 0 aliphatic rings. The summed E-state index contributed by atoms with van der Waals surface area (Å²) in [5.41, 5.74) is 1.68. The van der Waals surface area contributed by atoms with Crippen LogP contribution in [0.4, 0.5) is 0 Å². The molecule has 2 aromatic carbocycles. The number of phenolic OH excluding ortho intramolecular Hbond substituents is 3. The second kappa shape index (κ2) is 8.90. The zero-order valence-corrected chi connectivity index (χ0v) is 17.9. The predicted molar refractivity (Wildman–Crippen MR) is 122 cm³/mol. The van der Waals surface area contributed by atoms with Gasteiger partial charge in [0.15, 0.2) is 5.43 Å². The molecule has 0 amide bonds. The molecule has 0 spiro atoms. The fourth-order valence-corrected chi connectivity index (χ4v) is 3.37. The van der Waals surface area contributed by atoms with Crippen LogP contribution >= 0.6 is 0 Å². The Morgan fingerprint density at radius 1 is 0.906 bits per heavy atom. The molecule has 7 heteroatoms. The van der Waals surface area contributed by atoms with Crippen molar-refractivity contribution in [2.24, 2.45) is 0 Å². The van der Waals surface area contributed by atoms with Gasteiger partial charge in [-0.3, -0.25) is 4.79 Å². The molecule has 0 saturated carbocycles. The third-order valence-corrected chi connectivity index (χ3v) is 5.31. The van der Waals surface area contributed by atoms with E-state index in [1.807, 2.05) is 0 Å². The minimum Gasteiger partial charge on any atom is -0.508 e. The van der Waals surface area contributed by atoms with Crippen molar-refractivity contribution < 1.29 is 29.9 Å². The van der Waals surface area contributed by atoms with Crippen LogP contribution in [0.25, 0.3) is 22.3 Å². The van der Waals surface area contributed by atoms with E-state index in [0.29, 0.717) is 27.8 Å². The van der Waals surface area contributed by atoms with Crippen LogP contribution in [0, 0.1) is 0 Å². The van der Waals surface area contributed by atoms with Gasteiger partial charge in [0.05, 0.1) is 12.2 Å². The highest BCUT2D eigenvalue weighted by Gasteiger charge is 2.19. The van der Waals surface area contributed by atoms with Gasteiger partial charge in [0, 0.05) is 36.6 Å². The van der Waals surface area contributed by atoms with E-state index in [0.717, 1.165) is 6.07 Å². The minimum absolute atomic E-state index is 0.00915. The molecule has 0 fully saturated rings. The number of rotatable bonds is 7. The van der Waals surface area contributed by atoms with Gasteiger partial charge < -0.3 is 29.9 Å². The molecule has 0 aliphatic carbocycles. The van der Waals surface area contributed by atoms with Crippen molar-refractivity contribution in [2.45, 2.75) is 38.9 Å². The third kappa shape index (κ3) is 4.69. The topological polar surface area (TPSA) is 131 Å². The molecule has 2 atom stereocenters. The van der Waals surface area contributed by atoms with Crippen LogP contribution in [-0.4, -0.2) is 37.7 Å². The monoisotopic (exact) mass is 438 g/mol. The maximum absolute atomic E-state index is 12.6. The molecular weight excluding hydrogens is 412 g/mol. The molecule has 0 aliphatic heterocycles. The quantitative estimate of drug-likeness (QED) is 0.357. The van der Waals surface area contributed by atoms with Crippen LogP contribution in [0.1, 0.15) is 25.0 Å². The first kappa shape index (κ1) is 23.1. The number of benzene rings is 2. The predicted octanol–water partition coefficient (Wildman–Crippen LogP) is 3.54. The van der Waals surface area contributed by atoms with E-state index in [-0.39, 0.29) is 41.1 Å². The summed E-state index contributed by atoms with van der Waals surface area (Å²) in [5.74, 6) is -0.629. The summed E-state index contributed by atoms with van der Waals surface area (Å²) in [4.78, 5) is 12.6. The summed E-state index contributed by atoms with van der Waals surface area (Å²) in [5, 5.41) is 51.0. The Morgan fingerprint density at radius 3 is 1.94 bits per heavy atom. The molecule has 1 heterocycles. The lowest BCUT2D eigenvalue weighted by molar-refractivity contribution is 0.208. The molecule has 0 radical (unpaired) electrons. The van der Waals surface area contributed by atoms with E-state index in [2.05, 4.69) is 13.2 Å². The second-order valence-corrected chi connectivity index (χ2v) is 8.09. The average molecular weight is 438 g/mol. The van der Waals surface area contributed by atoms with Crippen LogP contribution in [0.15, 0.2) is 63.8 Å². The van der Waals surface area contributed by atoms with Gasteiger partial charge in [0.2, 0.25) is 0 Å². The van der Waals surface area contributed by atoms with Gasteiger partial charge in [-0.2, -0.15) is 0 Å². The van der Waals surface area contributed by atoms with Gasteiger partial charge in [-0.15, -0.1) is 0 Å². The average Bonchev–Trinajstić information content (AvgIpc) is 2.69. The Morgan fingerprint density at radius 2 is 1.44 bits per heavy atom. The lowest BCUT2D eigenvalue weighted by atomic mass is 9.93. The lowest BCUT2D eigenvalue weighted by Gasteiger charge is -2.18. The molecule has 168 valence electrons. The van der Waals surface area contributed by atoms with Crippen LogP contribution in [0.3, 0.4) is 0 Å². The normalized spacial score (nSPS) is 13.1. The molecular formula is C25H26O7. The maximum Gasteiger partial charge on any atom is 0.197 e. The summed E-state index contributed by atoms with van der Waals surface area (Å²) in [6.07, 6.45) is -1.70. The number of fused-ring (bicyclic) bond motifs is 1. The molecule has 3 aromatic rings. The standard InChI is InChI=1S/C25H26O7/c1-12(2)18(27)7-15-5-14(6-16(25(15)31)8-19(28)13(3)4)22-11-21(30)24-20(29)9-17(26)10-23(24)32-22/h5-6,9-11,18-19,26-29,31H,1,3,7-8H2,2,4H3/t18-,19-/m1/s1. The Bertz CT molecular complexity index is 1230. The van der Waals surface area contributed by atoms with E-state index < -0.39 is 23.4 Å². The number of aliphatic hydroxyl groups is 2. The molecule has 3 rings (SSSR count). The molecule has 7 nitrogen and oxygen atoms in total. The van der Waals surface area contributed by atoms with Crippen molar-refractivity contribution in [1.29, 1.82) is 0 Å². The summed E-state index contributed by atoms with van der Waals surface area (Å²) in [6, 6.07) is 6.62. The van der Waals surface area contributed by atoms with Crippen molar-refractivity contribution in [3.8, 4) is 28.6 Å². The van der Waals surface area contributed by atoms with Crippen LogP contribution in [0.2, 0.25) is 0 Å². The van der Waals surface area contributed by atoms with Gasteiger partial charge in [0.1, 0.15) is 34.0 Å². The zero-order chi connectivity index (χ0) is 23.7. The van der Waals surface area contributed by atoms with Crippen molar-refractivity contribution in [1.82, 2.24) is 0 Å². The van der Waals surface area contributed by atoms with Crippen molar-refractivity contribution >= 4 is 11.0 Å². The highest BCUT2D eigenvalue weighted by molar-refractivity contribution is 5.86. The Balaban J connectivity index is 2.21. The van der Waals surface area contributed by atoms with E-state index in [9.17, 15) is 30.3 Å². The van der Waals surface area contributed by atoms with E-state index in [4.69, 9.17) is 4.42 Å². The third-order valence-electron chi connectivity index (χ3n) is 5.31. The summed E-state index contributed by atoms with van der Waals surface area (Å²) >= 11 is 0.